The zero-order valence-electron chi connectivity index (χ0n) is 10.1. The lowest BCUT2D eigenvalue weighted by Gasteiger charge is -2.06. The van der Waals surface area contributed by atoms with Crippen LogP contribution < -0.4 is 0 Å². The van der Waals surface area contributed by atoms with Gasteiger partial charge in [-0.15, -0.1) is 0 Å². The first-order valence-corrected chi connectivity index (χ1v) is 5.70. The SMILES string of the molecule is N#Cc1ccc(COCc2ccccc2F)c(F)c1. The van der Waals surface area contributed by atoms with Crippen LogP contribution in [0.15, 0.2) is 42.5 Å². The second kappa shape index (κ2) is 6.07. The van der Waals surface area contributed by atoms with E-state index in [1.807, 2.05) is 6.07 Å². The van der Waals surface area contributed by atoms with Crippen LogP contribution in [0.2, 0.25) is 0 Å². The molecule has 0 heterocycles. The maximum absolute atomic E-state index is 13.5. The van der Waals surface area contributed by atoms with Crippen LogP contribution in [-0.4, -0.2) is 0 Å². The van der Waals surface area contributed by atoms with E-state index in [1.165, 1.54) is 18.2 Å². The van der Waals surface area contributed by atoms with E-state index in [4.69, 9.17) is 10.00 Å². The van der Waals surface area contributed by atoms with Gasteiger partial charge in [0, 0.05) is 11.1 Å². The second-order valence-corrected chi connectivity index (χ2v) is 4.00. The van der Waals surface area contributed by atoms with Gasteiger partial charge in [-0.3, -0.25) is 0 Å². The Bertz CT molecular complexity index is 620. The van der Waals surface area contributed by atoms with Crippen LogP contribution in [-0.2, 0) is 18.0 Å². The van der Waals surface area contributed by atoms with Crippen LogP contribution in [0.3, 0.4) is 0 Å². The number of hydrogen-bond acceptors (Lipinski definition) is 2. The highest BCUT2D eigenvalue weighted by Crippen LogP contribution is 2.13. The summed E-state index contributed by atoms with van der Waals surface area (Å²) < 4.78 is 32.1. The Morgan fingerprint density at radius 1 is 0.947 bits per heavy atom. The summed E-state index contributed by atoms with van der Waals surface area (Å²) in [5.41, 5.74) is 1.03. The maximum Gasteiger partial charge on any atom is 0.130 e. The fourth-order valence-electron chi connectivity index (χ4n) is 1.62. The molecule has 0 saturated carbocycles. The number of halogens is 2. The predicted octanol–water partition coefficient (Wildman–Crippen LogP) is 3.55. The van der Waals surface area contributed by atoms with Crippen molar-refractivity contribution in [3.05, 3.63) is 70.8 Å². The molecule has 0 aliphatic heterocycles. The molecule has 96 valence electrons. The van der Waals surface area contributed by atoms with E-state index in [0.717, 1.165) is 6.07 Å². The lowest BCUT2D eigenvalue weighted by atomic mass is 10.1. The van der Waals surface area contributed by atoms with Crippen LogP contribution in [0.5, 0.6) is 0 Å². The Morgan fingerprint density at radius 2 is 1.63 bits per heavy atom. The fraction of sp³-hybridized carbons (Fsp3) is 0.133. The Hall–Kier alpha value is -2.25. The molecule has 19 heavy (non-hydrogen) atoms. The summed E-state index contributed by atoms with van der Waals surface area (Å²) in [6.45, 7) is 0.109. The molecule has 2 aromatic carbocycles. The summed E-state index contributed by atoms with van der Waals surface area (Å²) in [7, 11) is 0. The van der Waals surface area contributed by atoms with E-state index in [2.05, 4.69) is 0 Å². The van der Waals surface area contributed by atoms with E-state index in [1.54, 1.807) is 18.2 Å². The summed E-state index contributed by atoms with van der Waals surface area (Å²) in [5, 5.41) is 8.62. The highest BCUT2D eigenvalue weighted by molar-refractivity contribution is 5.32. The first-order valence-electron chi connectivity index (χ1n) is 5.70. The van der Waals surface area contributed by atoms with Gasteiger partial charge in [0.05, 0.1) is 24.8 Å². The molecule has 0 aliphatic carbocycles. The Kier molecular flexibility index (Phi) is 4.22. The van der Waals surface area contributed by atoms with Gasteiger partial charge in [-0.05, 0) is 18.2 Å². The zero-order valence-corrected chi connectivity index (χ0v) is 10.1. The zero-order chi connectivity index (χ0) is 13.7. The van der Waals surface area contributed by atoms with Crippen LogP contribution in [0.4, 0.5) is 8.78 Å². The molecule has 0 aromatic heterocycles. The van der Waals surface area contributed by atoms with E-state index >= 15 is 0 Å². The van der Waals surface area contributed by atoms with Crippen molar-refractivity contribution in [3.63, 3.8) is 0 Å². The molecule has 0 N–H and O–H groups in total. The Balaban J connectivity index is 1.97. The van der Waals surface area contributed by atoms with Crippen molar-refractivity contribution in [2.75, 3.05) is 0 Å². The third-order valence-electron chi connectivity index (χ3n) is 2.66. The van der Waals surface area contributed by atoms with Crippen molar-refractivity contribution in [1.29, 1.82) is 5.26 Å². The number of rotatable bonds is 4. The minimum atomic E-state index is -0.493. The highest BCUT2D eigenvalue weighted by atomic mass is 19.1. The van der Waals surface area contributed by atoms with Crippen molar-refractivity contribution in [2.45, 2.75) is 13.2 Å². The van der Waals surface area contributed by atoms with Gasteiger partial charge in [0.25, 0.3) is 0 Å². The van der Waals surface area contributed by atoms with Crippen LogP contribution in [0.1, 0.15) is 16.7 Å². The summed E-state index contributed by atoms with van der Waals surface area (Å²) in [4.78, 5) is 0. The Labute approximate surface area is 109 Å². The average Bonchev–Trinajstić information content (AvgIpc) is 2.42. The quantitative estimate of drug-likeness (QED) is 0.841. The van der Waals surface area contributed by atoms with Gasteiger partial charge < -0.3 is 4.74 Å². The molecule has 0 radical (unpaired) electrons. The average molecular weight is 259 g/mol. The first kappa shape index (κ1) is 13.2. The molecule has 2 nitrogen and oxygen atoms in total. The van der Waals surface area contributed by atoms with Crippen molar-refractivity contribution in [3.8, 4) is 6.07 Å². The maximum atomic E-state index is 13.5. The second-order valence-electron chi connectivity index (χ2n) is 4.00. The summed E-state index contributed by atoms with van der Waals surface area (Å²) in [6.07, 6.45) is 0. The van der Waals surface area contributed by atoms with Gasteiger partial charge in [-0.25, -0.2) is 8.78 Å². The first-order chi connectivity index (χ1) is 9.20. The van der Waals surface area contributed by atoms with Gasteiger partial charge in [-0.1, -0.05) is 24.3 Å². The Morgan fingerprint density at radius 3 is 2.26 bits per heavy atom. The molecule has 0 unspecified atom stereocenters. The summed E-state index contributed by atoms with van der Waals surface area (Å²) >= 11 is 0. The number of nitriles is 1. The molecule has 0 saturated heterocycles. The summed E-state index contributed by atoms with van der Waals surface area (Å²) in [6, 6.07) is 12.3. The number of nitrogens with zero attached hydrogens (tertiary/aromatic N) is 1. The molecule has 2 aromatic rings. The third-order valence-corrected chi connectivity index (χ3v) is 2.66. The van der Waals surface area contributed by atoms with Crippen molar-refractivity contribution >= 4 is 0 Å². The van der Waals surface area contributed by atoms with Crippen LogP contribution in [0.25, 0.3) is 0 Å². The van der Waals surface area contributed by atoms with Gasteiger partial charge in [0.2, 0.25) is 0 Å². The van der Waals surface area contributed by atoms with E-state index in [-0.39, 0.29) is 24.6 Å². The molecule has 0 bridgehead atoms. The molecule has 0 spiro atoms. The van der Waals surface area contributed by atoms with E-state index in [0.29, 0.717) is 11.1 Å². The van der Waals surface area contributed by atoms with Crippen LogP contribution in [0, 0.1) is 23.0 Å². The molecule has 0 aliphatic rings. The standard InChI is InChI=1S/C15H11F2NO/c16-14-4-2-1-3-12(14)9-19-10-13-6-5-11(8-18)7-15(13)17/h1-7H,9-10H2. The highest BCUT2D eigenvalue weighted by Gasteiger charge is 2.05. The van der Waals surface area contributed by atoms with Crippen molar-refractivity contribution < 1.29 is 13.5 Å². The molecule has 0 fully saturated rings. The third kappa shape index (κ3) is 3.36. The lowest BCUT2D eigenvalue weighted by molar-refractivity contribution is 0.102. The molecular formula is C15H11F2NO. The number of benzene rings is 2. The minimum absolute atomic E-state index is 0.0336. The molecule has 2 rings (SSSR count). The molecular weight excluding hydrogens is 248 g/mol. The monoisotopic (exact) mass is 259 g/mol. The van der Waals surface area contributed by atoms with Gasteiger partial charge in [-0.2, -0.15) is 5.26 Å². The fourth-order valence-corrected chi connectivity index (χ4v) is 1.62. The molecule has 0 amide bonds. The summed E-state index contributed by atoms with van der Waals surface area (Å²) in [5.74, 6) is -0.838. The van der Waals surface area contributed by atoms with Gasteiger partial charge >= 0.3 is 0 Å². The number of ether oxygens (including phenoxy) is 1. The molecule has 0 atom stereocenters. The van der Waals surface area contributed by atoms with Crippen molar-refractivity contribution in [1.82, 2.24) is 0 Å². The lowest BCUT2D eigenvalue weighted by Crippen LogP contribution is -1.99. The topological polar surface area (TPSA) is 33.0 Å². The van der Waals surface area contributed by atoms with E-state index < -0.39 is 5.82 Å². The minimum Gasteiger partial charge on any atom is -0.372 e. The van der Waals surface area contributed by atoms with Gasteiger partial charge in [0.15, 0.2) is 0 Å². The molecule has 4 heteroatoms. The normalized spacial score (nSPS) is 10.2. The van der Waals surface area contributed by atoms with Crippen LogP contribution >= 0.6 is 0 Å². The van der Waals surface area contributed by atoms with Gasteiger partial charge in [0.1, 0.15) is 11.6 Å². The van der Waals surface area contributed by atoms with E-state index in [9.17, 15) is 8.78 Å². The number of hydrogen-bond donors (Lipinski definition) is 0. The predicted molar refractivity (Wildman–Crippen MR) is 66.0 cm³/mol. The largest absolute Gasteiger partial charge is 0.372 e. The smallest absolute Gasteiger partial charge is 0.130 e. The van der Waals surface area contributed by atoms with Crippen molar-refractivity contribution in [2.24, 2.45) is 0 Å².